The minimum Gasteiger partial charge on any atom is -0.394 e. The average molecular weight is 254 g/mol. The van der Waals surface area contributed by atoms with E-state index in [0.717, 1.165) is 23.7 Å². The van der Waals surface area contributed by atoms with Crippen molar-refractivity contribution in [3.63, 3.8) is 0 Å². The van der Waals surface area contributed by atoms with Crippen molar-refractivity contribution >= 4 is 23.3 Å². The number of rotatable bonds is 5. The molecule has 0 aliphatic heterocycles. The second-order valence-corrected chi connectivity index (χ2v) is 6.44. The smallest absolute Gasteiger partial charge is 0.147 e. The first-order valence-corrected chi connectivity index (χ1v) is 7.33. The van der Waals surface area contributed by atoms with Crippen LogP contribution in [0.5, 0.6) is 0 Å². The van der Waals surface area contributed by atoms with E-state index in [1.54, 1.807) is 0 Å². The quantitative estimate of drug-likeness (QED) is 0.847. The lowest BCUT2D eigenvalue weighted by Crippen LogP contribution is -2.19. The number of hydrogen-bond donors (Lipinski definition) is 2. The first-order chi connectivity index (χ1) is 7.99. The zero-order valence-corrected chi connectivity index (χ0v) is 11.9. The molecule has 2 rings (SSSR count). The van der Waals surface area contributed by atoms with Gasteiger partial charge in [-0.3, -0.25) is 4.68 Å². The minimum atomic E-state index is 0.368. The van der Waals surface area contributed by atoms with Crippen molar-refractivity contribution in [3.05, 3.63) is 5.69 Å². The molecule has 5 heteroatoms. The lowest BCUT2D eigenvalue weighted by molar-refractivity contribution is 0.714. The third-order valence-corrected chi connectivity index (χ3v) is 4.90. The highest BCUT2D eigenvalue weighted by Gasteiger charge is 2.41. The molecular formula is C12H22N4S. The molecule has 96 valence electrons. The minimum absolute atomic E-state index is 0.368. The van der Waals surface area contributed by atoms with Crippen LogP contribution in [-0.2, 0) is 7.05 Å². The Labute approximate surface area is 107 Å². The van der Waals surface area contributed by atoms with Crippen molar-refractivity contribution in [3.8, 4) is 0 Å². The molecule has 0 radical (unpaired) electrons. The van der Waals surface area contributed by atoms with Gasteiger partial charge in [0.05, 0.1) is 11.4 Å². The van der Waals surface area contributed by atoms with Gasteiger partial charge in [-0.15, -0.1) is 0 Å². The van der Waals surface area contributed by atoms with Gasteiger partial charge in [0.2, 0.25) is 0 Å². The van der Waals surface area contributed by atoms with E-state index in [0.29, 0.717) is 10.7 Å². The summed E-state index contributed by atoms with van der Waals surface area (Å²) >= 11 is 1.95. The van der Waals surface area contributed by atoms with Crippen LogP contribution in [0.15, 0.2) is 0 Å². The second kappa shape index (κ2) is 4.44. The first kappa shape index (κ1) is 12.6. The number of nitrogens with two attached hydrogens (primary N) is 1. The molecule has 0 spiro atoms. The number of nitrogen functional groups attached to an aromatic ring is 1. The zero-order chi connectivity index (χ0) is 12.6. The van der Waals surface area contributed by atoms with Crippen molar-refractivity contribution in [2.24, 2.45) is 7.05 Å². The number of aromatic nitrogens is 2. The summed E-state index contributed by atoms with van der Waals surface area (Å²) in [7, 11) is 1.95. The molecule has 0 saturated heterocycles. The third kappa shape index (κ3) is 2.39. The Morgan fingerprint density at radius 2 is 2.18 bits per heavy atom. The van der Waals surface area contributed by atoms with E-state index < -0.39 is 0 Å². The summed E-state index contributed by atoms with van der Waals surface area (Å²) in [5.41, 5.74) is 7.94. The Morgan fingerprint density at radius 3 is 2.59 bits per heavy atom. The molecule has 1 heterocycles. The van der Waals surface area contributed by atoms with E-state index in [9.17, 15) is 0 Å². The maximum atomic E-state index is 6.14. The van der Waals surface area contributed by atoms with Crippen molar-refractivity contribution < 1.29 is 0 Å². The SMILES string of the molecule is CSC1(CNc2c(N)c(C(C)C)nn2C)CC1. The fourth-order valence-electron chi connectivity index (χ4n) is 2.03. The van der Waals surface area contributed by atoms with Crippen molar-refractivity contribution in [1.29, 1.82) is 0 Å². The molecule has 17 heavy (non-hydrogen) atoms. The second-order valence-electron chi connectivity index (χ2n) is 5.17. The number of anilines is 2. The Balaban J connectivity index is 2.10. The van der Waals surface area contributed by atoms with Crippen LogP contribution >= 0.6 is 11.8 Å². The Kier molecular flexibility index (Phi) is 3.30. The van der Waals surface area contributed by atoms with Crippen LogP contribution in [0.1, 0.15) is 38.3 Å². The highest BCUT2D eigenvalue weighted by atomic mass is 32.2. The summed E-state index contributed by atoms with van der Waals surface area (Å²) in [5.74, 6) is 1.33. The standard InChI is InChI=1S/C12H22N4S/c1-8(2)10-9(13)11(16(3)15-10)14-7-12(17-4)5-6-12/h8,14H,5-7,13H2,1-4H3. The van der Waals surface area contributed by atoms with Gasteiger partial charge in [-0.05, 0) is 25.0 Å². The third-order valence-electron chi connectivity index (χ3n) is 3.48. The molecule has 1 saturated carbocycles. The average Bonchev–Trinajstić information content (AvgIpc) is 3.00. The molecule has 0 atom stereocenters. The van der Waals surface area contributed by atoms with E-state index in [1.165, 1.54) is 12.8 Å². The summed E-state index contributed by atoms with van der Waals surface area (Å²) in [6, 6.07) is 0. The molecule has 0 amide bonds. The number of nitrogens with one attached hydrogen (secondary N) is 1. The zero-order valence-electron chi connectivity index (χ0n) is 11.1. The van der Waals surface area contributed by atoms with Crippen LogP contribution in [0.2, 0.25) is 0 Å². The molecule has 0 bridgehead atoms. The lowest BCUT2D eigenvalue weighted by atomic mass is 10.1. The van der Waals surface area contributed by atoms with Crippen LogP contribution in [-0.4, -0.2) is 27.3 Å². The van der Waals surface area contributed by atoms with Gasteiger partial charge in [-0.1, -0.05) is 13.8 Å². The number of hydrogen-bond acceptors (Lipinski definition) is 4. The normalized spacial score (nSPS) is 17.5. The summed E-state index contributed by atoms with van der Waals surface area (Å²) in [6.45, 7) is 5.22. The summed E-state index contributed by atoms with van der Waals surface area (Å²) in [6.07, 6.45) is 4.78. The Morgan fingerprint density at radius 1 is 1.53 bits per heavy atom. The van der Waals surface area contributed by atoms with E-state index in [1.807, 2.05) is 23.5 Å². The van der Waals surface area contributed by atoms with Crippen LogP contribution in [0.3, 0.4) is 0 Å². The number of aryl methyl sites for hydroxylation is 1. The molecule has 1 aromatic heterocycles. The van der Waals surface area contributed by atoms with Crippen molar-refractivity contribution in [1.82, 2.24) is 9.78 Å². The highest BCUT2D eigenvalue weighted by molar-refractivity contribution is 8.00. The van der Waals surface area contributed by atoms with Crippen LogP contribution in [0.25, 0.3) is 0 Å². The summed E-state index contributed by atoms with van der Waals surface area (Å²) in [4.78, 5) is 0. The van der Waals surface area contributed by atoms with Gasteiger partial charge in [0.25, 0.3) is 0 Å². The molecule has 0 aromatic carbocycles. The number of nitrogens with zero attached hydrogens (tertiary/aromatic N) is 2. The molecule has 1 aromatic rings. The predicted octanol–water partition coefficient (Wildman–Crippen LogP) is 2.43. The van der Waals surface area contributed by atoms with Gasteiger partial charge in [0.1, 0.15) is 5.82 Å². The van der Waals surface area contributed by atoms with Crippen LogP contribution in [0, 0.1) is 0 Å². The molecular weight excluding hydrogens is 232 g/mol. The topological polar surface area (TPSA) is 55.9 Å². The largest absolute Gasteiger partial charge is 0.394 e. The fraction of sp³-hybridized carbons (Fsp3) is 0.750. The van der Waals surface area contributed by atoms with E-state index in [2.05, 4.69) is 30.5 Å². The highest BCUT2D eigenvalue weighted by Crippen LogP contribution is 2.47. The van der Waals surface area contributed by atoms with Gasteiger partial charge in [0.15, 0.2) is 0 Å². The predicted molar refractivity (Wildman–Crippen MR) is 75.7 cm³/mol. The van der Waals surface area contributed by atoms with Gasteiger partial charge in [0, 0.05) is 18.3 Å². The van der Waals surface area contributed by atoms with Crippen molar-refractivity contribution in [2.75, 3.05) is 23.9 Å². The molecule has 1 aliphatic rings. The monoisotopic (exact) mass is 254 g/mol. The molecule has 1 aliphatic carbocycles. The van der Waals surface area contributed by atoms with Gasteiger partial charge in [-0.25, -0.2) is 0 Å². The lowest BCUT2D eigenvalue weighted by Gasteiger charge is -2.14. The summed E-state index contributed by atoms with van der Waals surface area (Å²) in [5, 5.41) is 7.94. The van der Waals surface area contributed by atoms with Crippen LogP contribution < -0.4 is 11.1 Å². The van der Waals surface area contributed by atoms with E-state index >= 15 is 0 Å². The molecule has 3 N–H and O–H groups in total. The summed E-state index contributed by atoms with van der Waals surface area (Å²) < 4.78 is 2.30. The maximum Gasteiger partial charge on any atom is 0.147 e. The maximum absolute atomic E-state index is 6.14. The van der Waals surface area contributed by atoms with E-state index in [-0.39, 0.29) is 0 Å². The van der Waals surface area contributed by atoms with Gasteiger partial charge in [-0.2, -0.15) is 16.9 Å². The van der Waals surface area contributed by atoms with Crippen molar-refractivity contribution in [2.45, 2.75) is 37.4 Å². The first-order valence-electron chi connectivity index (χ1n) is 6.10. The molecule has 4 nitrogen and oxygen atoms in total. The Hall–Kier alpha value is -0.840. The van der Waals surface area contributed by atoms with Gasteiger partial charge >= 0.3 is 0 Å². The molecule has 0 unspecified atom stereocenters. The van der Waals surface area contributed by atoms with Crippen LogP contribution in [0.4, 0.5) is 11.5 Å². The molecule has 1 fully saturated rings. The Bertz CT molecular complexity index is 407. The fourth-order valence-corrected chi connectivity index (χ4v) is 2.76. The number of thioether (sulfide) groups is 1. The van der Waals surface area contributed by atoms with Gasteiger partial charge < -0.3 is 11.1 Å². The van der Waals surface area contributed by atoms with E-state index in [4.69, 9.17) is 5.73 Å².